The predicted octanol–water partition coefficient (Wildman–Crippen LogP) is 4.83. The van der Waals surface area contributed by atoms with E-state index in [0.29, 0.717) is 6.61 Å². The first kappa shape index (κ1) is 17.7. The third-order valence-electron chi connectivity index (χ3n) is 4.20. The second kappa shape index (κ2) is 8.28. The fraction of sp³-hybridized carbons (Fsp3) is 0.429. The molecule has 0 heterocycles. The number of hydrogen-bond donors (Lipinski definition) is 1. The van der Waals surface area contributed by atoms with Gasteiger partial charge in [-0.2, -0.15) is 0 Å². The minimum atomic E-state index is 0.276. The molecule has 2 aromatic rings. The van der Waals surface area contributed by atoms with Crippen molar-refractivity contribution in [3.05, 3.63) is 69.8 Å². The van der Waals surface area contributed by atoms with E-state index in [1.54, 1.807) is 0 Å². The Bertz CT molecular complexity index is 629. The fourth-order valence-corrected chi connectivity index (χ4v) is 2.57. The van der Waals surface area contributed by atoms with Gasteiger partial charge in [-0.15, -0.1) is 0 Å². The van der Waals surface area contributed by atoms with Crippen LogP contribution in [0.3, 0.4) is 0 Å². The minimum Gasteiger partial charge on any atom is -0.374 e. The first-order valence-electron chi connectivity index (χ1n) is 8.42. The highest BCUT2D eigenvalue weighted by molar-refractivity contribution is 5.36. The average Bonchev–Trinajstić information content (AvgIpc) is 2.51. The third-order valence-corrected chi connectivity index (χ3v) is 4.20. The summed E-state index contributed by atoms with van der Waals surface area (Å²) in [7, 11) is 0. The molecule has 0 aliphatic heterocycles. The van der Waals surface area contributed by atoms with Gasteiger partial charge in [0.05, 0.1) is 12.7 Å². The molecule has 1 N–H and O–H groups in total. The van der Waals surface area contributed by atoms with Gasteiger partial charge in [0.25, 0.3) is 0 Å². The Labute approximate surface area is 140 Å². The van der Waals surface area contributed by atoms with Crippen LogP contribution in [0.15, 0.2) is 36.4 Å². The molecule has 2 nitrogen and oxygen atoms in total. The lowest BCUT2D eigenvalue weighted by Crippen LogP contribution is -2.14. The second-order valence-corrected chi connectivity index (χ2v) is 6.64. The molecule has 0 amide bonds. The molecular formula is C21H29NO. The van der Waals surface area contributed by atoms with Crippen molar-refractivity contribution in [3.63, 3.8) is 0 Å². The number of benzene rings is 2. The van der Waals surface area contributed by atoms with E-state index >= 15 is 0 Å². The van der Waals surface area contributed by atoms with Crippen LogP contribution in [0.1, 0.15) is 47.2 Å². The highest BCUT2D eigenvalue weighted by Gasteiger charge is 2.02. The molecule has 0 aliphatic carbocycles. The zero-order valence-electron chi connectivity index (χ0n) is 15.1. The topological polar surface area (TPSA) is 21.3 Å². The first-order chi connectivity index (χ1) is 11.0. The van der Waals surface area contributed by atoms with Crippen LogP contribution in [0.4, 0.5) is 0 Å². The van der Waals surface area contributed by atoms with Crippen LogP contribution >= 0.6 is 0 Å². The van der Waals surface area contributed by atoms with Crippen molar-refractivity contribution in [2.45, 2.75) is 60.4 Å². The van der Waals surface area contributed by atoms with E-state index in [0.717, 1.165) is 13.1 Å². The molecule has 0 bridgehead atoms. The van der Waals surface area contributed by atoms with Crippen LogP contribution in [-0.4, -0.2) is 6.10 Å². The van der Waals surface area contributed by atoms with Crippen molar-refractivity contribution >= 4 is 0 Å². The molecule has 2 heteroatoms. The van der Waals surface area contributed by atoms with Crippen LogP contribution < -0.4 is 5.32 Å². The van der Waals surface area contributed by atoms with Crippen LogP contribution in [0.25, 0.3) is 0 Å². The molecule has 0 atom stereocenters. The number of nitrogens with one attached hydrogen (secondary N) is 1. The lowest BCUT2D eigenvalue weighted by Gasteiger charge is -2.12. The van der Waals surface area contributed by atoms with Gasteiger partial charge < -0.3 is 10.1 Å². The summed E-state index contributed by atoms with van der Waals surface area (Å²) in [5.41, 5.74) is 8.01. The van der Waals surface area contributed by atoms with E-state index in [9.17, 15) is 0 Å². The summed E-state index contributed by atoms with van der Waals surface area (Å²) in [5, 5.41) is 3.54. The van der Waals surface area contributed by atoms with Crippen molar-refractivity contribution < 1.29 is 4.74 Å². The molecule has 2 aromatic carbocycles. The maximum atomic E-state index is 5.63. The second-order valence-electron chi connectivity index (χ2n) is 6.64. The van der Waals surface area contributed by atoms with E-state index in [1.807, 2.05) is 0 Å². The molecular weight excluding hydrogens is 282 g/mol. The smallest absolute Gasteiger partial charge is 0.0720 e. The van der Waals surface area contributed by atoms with Crippen LogP contribution in [0.5, 0.6) is 0 Å². The van der Waals surface area contributed by atoms with Gasteiger partial charge in [-0.3, -0.25) is 0 Å². The predicted molar refractivity (Wildman–Crippen MR) is 97.6 cm³/mol. The lowest BCUT2D eigenvalue weighted by atomic mass is 10.0. The molecule has 0 fully saturated rings. The molecule has 0 aromatic heterocycles. The lowest BCUT2D eigenvalue weighted by molar-refractivity contribution is 0.0657. The minimum absolute atomic E-state index is 0.276. The van der Waals surface area contributed by atoms with Gasteiger partial charge in [-0.25, -0.2) is 0 Å². The molecule has 0 saturated heterocycles. The number of aryl methyl sites for hydroxylation is 3. The number of rotatable bonds is 7. The molecule has 0 aliphatic rings. The third kappa shape index (κ3) is 5.49. The van der Waals surface area contributed by atoms with Gasteiger partial charge in [0, 0.05) is 13.1 Å². The maximum absolute atomic E-state index is 5.63. The van der Waals surface area contributed by atoms with Gasteiger partial charge in [-0.05, 0) is 68.0 Å². The normalized spacial score (nSPS) is 11.2. The van der Waals surface area contributed by atoms with E-state index < -0.39 is 0 Å². The summed E-state index contributed by atoms with van der Waals surface area (Å²) >= 11 is 0. The highest BCUT2D eigenvalue weighted by Crippen LogP contribution is 2.15. The van der Waals surface area contributed by atoms with Gasteiger partial charge in [-0.1, -0.05) is 36.4 Å². The van der Waals surface area contributed by atoms with E-state index in [-0.39, 0.29) is 6.10 Å². The Morgan fingerprint density at radius 3 is 2.09 bits per heavy atom. The summed E-state index contributed by atoms with van der Waals surface area (Å²) in [5.74, 6) is 0. The summed E-state index contributed by atoms with van der Waals surface area (Å²) in [6.45, 7) is 13.1. The Hall–Kier alpha value is -1.64. The zero-order valence-corrected chi connectivity index (χ0v) is 15.1. The fourth-order valence-electron chi connectivity index (χ4n) is 2.57. The molecule has 23 heavy (non-hydrogen) atoms. The van der Waals surface area contributed by atoms with Crippen LogP contribution in [0.2, 0.25) is 0 Å². The standard InChI is InChI=1S/C21H29NO/c1-15(2)23-14-20-8-6-19(7-9-20)12-22-13-21-11-17(4)16(3)10-18(21)5/h6-11,15,22H,12-14H2,1-5H3. The molecule has 2 rings (SSSR count). The van der Waals surface area contributed by atoms with Gasteiger partial charge in [0.1, 0.15) is 0 Å². The van der Waals surface area contributed by atoms with E-state index in [1.165, 1.54) is 33.4 Å². The average molecular weight is 311 g/mol. The number of ether oxygens (including phenoxy) is 1. The monoisotopic (exact) mass is 311 g/mol. The molecule has 0 saturated carbocycles. The SMILES string of the molecule is Cc1cc(C)c(CNCc2ccc(COC(C)C)cc2)cc1C. The maximum Gasteiger partial charge on any atom is 0.0720 e. The van der Waals surface area contributed by atoms with Crippen molar-refractivity contribution in [1.82, 2.24) is 5.32 Å². The van der Waals surface area contributed by atoms with E-state index in [2.05, 4.69) is 76.3 Å². The first-order valence-corrected chi connectivity index (χ1v) is 8.42. The van der Waals surface area contributed by atoms with Crippen molar-refractivity contribution in [3.8, 4) is 0 Å². The van der Waals surface area contributed by atoms with Crippen molar-refractivity contribution in [2.24, 2.45) is 0 Å². The Kier molecular flexibility index (Phi) is 6.37. The Balaban J connectivity index is 1.85. The molecule has 0 spiro atoms. The van der Waals surface area contributed by atoms with Crippen LogP contribution in [-0.2, 0) is 24.4 Å². The Morgan fingerprint density at radius 1 is 0.826 bits per heavy atom. The zero-order chi connectivity index (χ0) is 16.8. The highest BCUT2D eigenvalue weighted by atomic mass is 16.5. The molecule has 0 radical (unpaired) electrons. The van der Waals surface area contributed by atoms with E-state index in [4.69, 9.17) is 4.74 Å². The summed E-state index contributed by atoms with van der Waals surface area (Å²) in [4.78, 5) is 0. The van der Waals surface area contributed by atoms with Gasteiger partial charge in [0.2, 0.25) is 0 Å². The largest absolute Gasteiger partial charge is 0.374 e. The quantitative estimate of drug-likeness (QED) is 0.791. The van der Waals surface area contributed by atoms with Crippen molar-refractivity contribution in [2.75, 3.05) is 0 Å². The van der Waals surface area contributed by atoms with Gasteiger partial charge >= 0.3 is 0 Å². The van der Waals surface area contributed by atoms with Gasteiger partial charge in [0.15, 0.2) is 0 Å². The molecule has 124 valence electrons. The summed E-state index contributed by atoms with van der Waals surface area (Å²) in [6.07, 6.45) is 0.276. The summed E-state index contributed by atoms with van der Waals surface area (Å²) < 4.78 is 5.63. The van der Waals surface area contributed by atoms with Crippen LogP contribution in [0, 0.1) is 20.8 Å². The Morgan fingerprint density at radius 2 is 1.43 bits per heavy atom. The van der Waals surface area contributed by atoms with Crippen molar-refractivity contribution in [1.29, 1.82) is 0 Å². The number of hydrogen-bond acceptors (Lipinski definition) is 2. The summed E-state index contributed by atoms with van der Waals surface area (Å²) in [6, 6.07) is 13.2. The molecule has 0 unspecified atom stereocenters.